The second-order valence-corrected chi connectivity index (χ2v) is 3.98. The van der Waals surface area contributed by atoms with Gasteiger partial charge in [0.2, 0.25) is 0 Å². The number of nitrogens with zero attached hydrogens (tertiary/aromatic N) is 1. The number of rotatable bonds is 4. The van der Waals surface area contributed by atoms with Crippen LogP contribution in [0.15, 0.2) is 0 Å². The Labute approximate surface area is 80.4 Å². The van der Waals surface area contributed by atoms with Crippen LogP contribution in [-0.4, -0.2) is 44.5 Å². The highest BCUT2D eigenvalue weighted by atomic mass is 32.2. The molecule has 82 valence electrons. The van der Waals surface area contributed by atoms with Crippen LogP contribution in [0.5, 0.6) is 0 Å². The Morgan fingerprint density at radius 2 is 1.77 bits per heavy atom. The SMILES string of the molecule is CCCON(C)CC.CS(=O)(=O)O. The van der Waals surface area contributed by atoms with Crippen LogP contribution in [0.4, 0.5) is 0 Å². The van der Waals surface area contributed by atoms with E-state index in [2.05, 4.69) is 13.8 Å². The molecule has 1 N–H and O–H groups in total. The molecule has 0 spiro atoms. The normalized spacial score (nSPS) is 10.9. The van der Waals surface area contributed by atoms with Crippen molar-refractivity contribution in [1.29, 1.82) is 0 Å². The Hall–Kier alpha value is -0.170. The highest BCUT2D eigenvalue weighted by molar-refractivity contribution is 7.85. The summed E-state index contributed by atoms with van der Waals surface area (Å²) in [5.41, 5.74) is 0. The molecule has 0 bridgehead atoms. The van der Waals surface area contributed by atoms with Crippen molar-refractivity contribution in [3.05, 3.63) is 0 Å². The van der Waals surface area contributed by atoms with Crippen LogP contribution in [0.1, 0.15) is 20.3 Å². The fourth-order valence-electron chi connectivity index (χ4n) is 0.338. The van der Waals surface area contributed by atoms with Gasteiger partial charge in [0.15, 0.2) is 0 Å². The molecule has 0 aliphatic heterocycles. The van der Waals surface area contributed by atoms with Gasteiger partial charge in [0.1, 0.15) is 0 Å². The van der Waals surface area contributed by atoms with Gasteiger partial charge in [-0.2, -0.15) is 13.5 Å². The first-order chi connectivity index (χ1) is 5.81. The summed E-state index contributed by atoms with van der Waals surface area (Å²) in [4.78, 5) is 5.17. The van der Waals surface area contributed by atoms with Crippen molar-refractivity contribution in [2.45, 2.75) is 20.3 Å². The first kappa shape index (κ1) is 15.3. The molecule has 0 aliphatic rings. The Kier molecular flexibility index (Phi) is 9.93. The second kappa shape index (κ2) is 8.43. The maximum atomic E-state index is 9.19. The second-order valence-electron chi connectivity index (χ2n) is 2.51. The molecular weight excluding hydrogens is 194 g/mol. The van der Waals surface area contributed by atoms with E-state index in [0.717, 1.165) is 19.6 Å². The summed E-state index contributed by atoms with van der Waals surface area (Å²) in [5.74, 6) is 0. The summed E-state index contributed by atoms with van der Waals surface area (Å²) >= 11 is 0. The van der Waals surface area contributed by atoms with E-state index in [1.807, 2.05) is 12.1 Å². The molecule has 0 fully saturated rings. The minimum atomic E-state index is -3.67. The Morgan fingerprint density at radius 3 is 2.00 bits per heavy atom. The molecule has 0 aromatic carbocycles. The van der Waals surface area contributed by atoms with Crippen molar-refractivity contribution < 1.29 is 17.8 Å². The minimum Gasteiger partial charge on any atom is -0.299 e. The van der Waals surface area contributed by atoms with Gasteiger partial charge in [0, 0.05) is 13.6 Å². The van der Waals surface area contributed by atoms with E-state index in [9.17, 15) is 8.42 Å². The molecule has 0 aromatic rings. The van der Waals surface area contributed by atoms with E-state index < -0.39 is 10.1 Å². The monoisotopic (exact) mass is 213 g/mol. The lowest BCUT2D eigenvalue weighted by atomic mass is 10.5. The number of hydrogen-bond acceptors (Lipinski definition) is 4. The van der Waals surface area contributed by atoms with Crippen LogP contribution in [-0.2, 0) is 15.0 Å². The van der Waals surface area contributed by atoms with Crippen LogP contribution in [0, 0.1) is 0 Å². The Morgan fingerprint density at radius 1 is 1.38 bits per heavy atom. The van der Waals surface area contributed by atoms with Crippen LogP contribution in [0.3, 0.4) is 0 Å². The zero-order chi connectivity index (χ0) is 10.9. The van der Waals surface area contributed by atoms with E-state index in [-0.39, 0.29) is 0 Å². The van der Waals surface area contributed by atoms with Crippen molar-refractivity contribution in [3.8, 4) is 0 Å². The summed E-state index contributed by atoms with van der Waals surface area (Å²) in [6, 6.07) is 0. The first-order valence-corrected chi connectivity index (χ1v) is 5.92. The van der Waals surface area contributed by atoms with Crippen molar-refractivity contribution in [3.63, 3.8) is 0 Å². The van der Waals surface area contributed by atoms with Gasteiger partial charge in [-0.25, -0.2) is 0 Å². The lowest BCUT2D eigenvalue weighted by molar-refractivity contribution is -0.135. The highest BCUT2D eigenvalue weighted by Crippen LogP contribution is 1.84. The van der Waals surface area contributed by atoms with Gasteiger partial charge in [-0.3, -0.25) is 9.39 Å². The van der Waals surface area contributed by atoms with Crippen molar-refractivity contribution in [2.24, 2.45) is 0 Å². The lowest BCUT2D eigenvalue weighted by Gasteiger charge is -2.12. The van der Waals surface area contributed by atoms with E-state index in [1.54, 1.807) is 0 Å². The molecule has 0 saturated heterocycles. The predicted octanol–water partition coefficient (Wildman–Crippen LogP) is 0.784. The zero-order valence-electron chi connectivity index (χ0n) is 8.65. The molecule has 0 atom stereocenters. The average Bonchev–Trinajstić information content (AvgIpc) is 1.97. The maximum Gasteiger partial charge on any atom is 0.261 e. The molecule has 0 saturated carbocycles. The Balaban J connectivity index is 0. The molecule has 0 unspecified atom stereocenters. The van der Waals surface area contributed by atoms with Gasteiger partial charge in [-0.05, 0) is 6.42 Å². The molecular formula is C7H19NO4S. The quantitative estimate of drug-likeness (QED) is 0.552. The van der Waals surface area contributed by atoms with Crippen LogP contribution < -0.4 is 0 Å². The number of hydroxylamine groups is 2. The molecule has 13 heavy (non-hydrogen) atoms. The van der Waals surface area contributed by atoms with Crippen LogP contribution in [0.2, 0.25) is 0 Å². The van der Waals surface area contributed by atoms with Crippen LogP contribution >= 0.6 is 0 Å². The smallest absolute Gasteiger partial charge is 0.261 e. The molecule has 5 nitrogen and oxygen atoms in total. The van der Waals surface area contributed by atoms with Gasteiger partial charge in [-0.15, -0.1) is 0 Å². The van der Waals surface area contributed by atoms with Gasteiger partial charge in [0.05, 0.1) is 12.9 Å². The third-order valence-corrected chi connectivity index (χ3v) is 0.961. The van der Waals surface area contributed by atoms with E-state index >= 15 is 0 Å². The fraction of sp³-hybridized carbons (Fsp3) is 1.00. The predicted molar refractivity (Wildman–Crippen MR) is 52.0 cm³/mol. The fourth-order valence-corrected chi connectivity index (χ4v) is 0.338. The zero-order valence-corrected chi connectivity index (χ0v) is 9.47. The molecule has 0 aliphatic carbocycles. The van der Waals surface area contributed by atoms with Crippen LogP contribution in [0.25, 0.3) is 0 Å². The lowest BCUT2D eigenvalue weighted by Crippen LogP contribution is -2.18. The number of hydrogen-bond donors (Lipinski definition) is 1. The van der Waals surface area contributed by atoms with Gasteiger partial charge in [-0.1, -0.05) is 13.8 Å². The molecule has 0 radical (unpaired) electrons. The Bertz CT molecular complexity index is 183. The highest BCUT2D eigenvalue weighted by Gasteiger charge is 1.88. The molecule has 0 rings (SSSR count). The minimum absolute atomic E-state index is 0.715. The van der Waals surface area contributed by atoms with E-state index in [0.29, 0.717) is 6.26 Å². The third-order valence-electron chi connectivity index (χ3n) is 0.961. The molecule has 0 amide bonds. The van der Waals surface area contributed by atoms with Gasteiger partial charge < -0.3 is 0 Å². The summed E-state index contributed by atoms with van der Waals surface area (Å²) in [6.07, 6.45) is 1.80. The standard InChI is InChI=1S/C6H15NO.CH4O3S/c1-4-6-8-7(3)5-2;1-5(2,3)4/h4-6H2,1-3H3;1H3,(H,2,3,4). The largest absolute Gasteiger partial charge is 0.299 e. The van der Waals surface area contributed by atoms with Crippen molar-refractivity contribution in [1.82, 2.24) is 5.06 Å². The maximum absolute atomic E-state index is 9.19. The van der Waals surface area contributed by atoms with E-state index in [4.69, 9.17) is 9.39 Å². The van der Waals surface area contributed by atoms with E-state index in [1.165, 1.54) is 0 Å². The van der Waals surface area contributed by atoms with Crippen molar-refractivity contribution in [2.75, 3.05) is 26.5 Å². The van der Waals surface area contributed by atoms with Gasteiger partial charge in [0.25, 0.3) is 10.1 Å². The summed E-state index contributed by atoms with van der Waals surface area (Å²) in [5, 5.41) is 1.84. The molecule has 0 heterocycles. The molecule has 0 aromatic heterocycles. The topological polar surface area (TPSA) is 66.8 Å². The molecule has 6 heteroatoms. The summed E-state index contributed by atoms with van der Waals surface area (Å²) < 4.78 is 25.9. The average molecular weight is 213 g/mol. The first-order valence-electron chi connectivity index (χ1n) is 4.07. The summed E-state index contributed by atoms with van der Waals surface area (Å²) in [6.45, 7) is 5.96. The summed E-state index contributed by atoms with van der Waals surface area (Å²) in [7, 11) is -1.73. The van der Waals surface area contributed by atoms with Gasteiger partial charge >= 0.3 is 0 Å². The third kappa shape index (κ3) is 33.6. The van der Waals surface area contributed by atoms with Crippen molar-refractivity contribution >= 4 is 10.1 Å².